The number of hydrogen-bond acceptors (Lipinski definition) is 3. The van der Waals surface area contributed by atoms with E-state index in [9.17, 15) is 18.4 Å². The Balaban J connectivity index is 2.26. The highest BCUT2D eigenvalue weighted by molar-refractivity contribution is 5.97. The molecule has 0 radical (unpaired) electrons. The number of rotatable bonds is 3. The van der Waals surface area contributed by atoms with Crippen LogP contribution in [0.15, 0.2) is 12.1 Å². The van der Waals surface area contributed by atoms with Gasteiger partial charge >= 0.3 is 0 Å². The van der Waals surface area contributed by atoms with Crippen LogP contribution in [0.1, 0.15) is 24.2 Å². The minimum Gasteiger partial charge on any atom is -0.354 e. The predicted octanol–water partition coefficient (Wildman–Crippen LogP) is 1.49. The van der Waals surface area contributed by atoms with Gasteiger partial charge in [-0.05, 0) is 19.9 Å². The SMILES string of the molecule is CC(C)NC(=O)c1cc(F)c(N2CC(=O)C2)cc1F. The van der Waals surface area contributed by atoms with Gasteiger partial charge in [0.2, 0.25) is 0 Å². The third-order valence-electron chi connectivity index (χ3n) is 2.78. The van der Waals surface area contributed by atoms with Gasteiger partial charge in [0, 0.05) is 12.1 Å². The van der Waals surface area contributed by atoms with Crippen molar-refractivity contribution in [2.24, 2.45) is 0 Å². The van der Waals surface area contributed by atoms with Crippen LogP contribution in [0.4, 0.5) is 14.5 Å². The third kappa shape index (κ3) is 2.72. The van der Waals surface area contributed by atoms with Crippen LogP contribution in [0.2, 0.25) is 0 Å². The lowest BCUT2D eigenvalue weighted by molar-refractivity contribution is -0.119. The molecule has 0 spiro atoms. The molecule has 1 fully saturated rings. The first kappa shape index (κ1) is 13.5. The molecule has 1 aliphatic rings. The van der Waals surface area contributed by atoms with E-state index in [0.29, 0.717) is 0 Å². The van der Waals surface area contributed by atoms with Gasteiger partial charge in [-0.15, -0.1) is 0 Å². The molecule has 19 heavy (non-hydrogen) atoms. The van der Waals surface area contributed by atoms with E-state index < -0.39 is 17.5 Å². The first-order valence-corrected chi connectivity index (χ1v) is 5.95. The van der Waals surface area contributed by atoms with Gasteiger partial charge in [-0.2, -0.15) is 0 Å². The Labute approximate surface area is 109 Å². The summed E-state index contributed by atoms with van der Waals surface area (Å²) in [6.07, 6.45) is 0. The lowest BCUT2D eigenvalue weighted by atomic mass is 10.1. The second-order valence-electron chi connectivity index (χ2n) is 4.81. The topological polar surface area (TPSA) is 49.4 Å². The lowest BCUT2D eigenvalue weighted by Gasteiger charge is -2.31. The summed E-state index contributed by atoms with van der Waals surface area (Å²) in [5.41, 5.74) is -0.319. The van der Waals surface area contributed by atoms with Gasteiger partial charge < -0.3 is 10.2 Å². The lowest BCUT2D eigenvalue weighted by Crippen LogP contribution is -2.47. The normalized spacial score (nSPS) is 14.6. The number of ketones is 1. The molecular formula is C13H14F2N2O2. The van der Waals surface area contributed by atoms with Gasteiger partial charge in [0.25, 0.3) is 5.91 Å². The van der Waals surface area contributed by atoms with E-state index in [1.165, 1.54) is 4.90 Å². The Morgan fingerprint density at radius 1 is 1.26 bits per heavy atom. The predicted molar refractivity (Wildman–Crippen MR) is 66.2 cm³/mol. The van der Waals surface area contributed by atoms with Crippen LogP contribution < -0.4 is 10.2 Å². The van der Waals surface area contributed by atoms with Crippen LogP contribution in [0.5, 0.6) is 0 Å². The van der Waals surface area contributed by atoms with Crippen LogP contribution in [0.25, 0.3) is 0 Å². The number of benzene rings is 1. The summed E-state index contributed by atoms with van der Waals surface area (Å²) in [6.45, 7) is 3.61. The average molecular weight is 268 g/mol. The number of halogens is 2. The second kappa shape index (κ2) is 4.95. The molecule has 1 aromatic carbocycles. The Hall–Kier alpha value is -1.98. The van der Waals surface area contributed by atoms with Crippen molar-refractivity contribution in [3.63, 3.8) is 0 Å². The number of hydrogen-bond donors (Lipinski definition) is 1. The van der Waals surface area contributed by atoms with Gasteiger partial charge in [0.1, 0.15) is 11.6 Å². The van der Waals surface area contributed by atoms with E-state index in [-0.39, 0.29) is 36.2 Å². The fourth-order valence-corrected chi connectivity index (χ4v) is 1.84. The summed E-state index contributed by atoms with van der Waals surface area (Å²) in [7, 11) is 0. The molecule has 1 aromatic rings. The molecule has 0 aliphatic carbocycles. The quantitative estimate of drug-likeness (QED) is 0.903. The van der Waals surface area contributed by atoms with Gasteiger partial charge in [-0.1, -0.05) is 0 Å². The summed E-state index contributed by atoms with van der Waals surface area (Å²) in [5.74, 6) is -2.18. The Morgan fingerprint density at radius 3 is 2.42 bits per heavy atom. The highest BCUT2D eigenvalue weighted by atomic mass is 19.1. The van der Waals surface area contributed by atoms with E-state index in [2.05, 4.69) is 5.32 Å². The van der Waals surface area contributed by atoms with E-state index in [1.807, 2.05) is 0 Å². The summed E-state index contributed by atoms with van der Waals surface area (Å²) in [4.78, 5) is 23.9. The van der Waals surface area contributed by atoms with Crippen LogP contribution in [0.3, 0.4) is 0 Å². The molecule has 6 heteroatoms. The maximum Gasteiger partial charge on any atom is 0.254 e. The Bertz CT molecular complexity index is 536. The zero-order valence-electron chi connectivity index (χ0n) is 10.7. The largest absolute Gasteiger partial charge is 0.354 e. The van der Waals surface area contributed by atoms with Crippen molar-refractivity contribution < 1.29 is 18.4 Å². The minimum atomic E-state index is -0.797. The number of nitrogens with zero attached hydrogens (tertiary/aromatic N) is 1. The maximum atomic E-state index is 13.8. The van der Waals surface area contributed by atoms with Crippen molar-refractivity contribution in [1.29, 1.82) is 0 Å². The molecular weight excluding hydrogens is 254 g/mol. The second-order valence-corrected chi connectivity index (χ2v) is 4.81. The molecule has 1 N–H and O–H groups in total. The number of Topliss-reactive ketones (excluding diaryl/α,β-unsaturated/α-hetero) is 1. The highest BCUT2D eigenvalue weighted by Crippen LogP contribution is 2.26. The zero-order chi connectivity index (χ0) is 14.2. The molecule has 0 bridgehead atoms. The highest BCUT2D eigenvalue weighted by Gasteiger charge is 2.27. The van der Waals surface area contributed by atoms with E-state index in [1.54, 1.807) is 13.8 Å². The summed E-state index contributed by atoms with van der Waals surface area (Å²) >= 11 is 0. The molecule has 102 valence electrons. The number of anilines is 1. The summed E-state index contributed by atoms with van der Waals surface area (Å²) in [6, 6.07) is 1.66. The molecule has 1 aliphatic heterocycles. The smallest absolute Gasteiger partial charge is 0.254 e. The first-order chi connectivity index (χ1) is 8.88. The number of nitrogens with one attached hydrogen (secondary N) is 1. The molecule has 1 amide bonds. The first-order valence-electron chi connectivity index (χ1n) is 5.95. The van der Waals surface area contributed by atoms with Gasteiger partial charge in [-0.3, -0.25) is 9.59 Å². The number of carbonyl (C=O) groups is 2. The molecule has 1 saturated heterocycles. The van der Waals surface area contributed by atoms with E-state index in [0.717, 1.165) is 12.1 Å². The Morgan fingerprint density at radius 2 is 1.89 bits per heavy atom. The van der Waals surface area contributed by atoms with Crippen LogP contribution in [-0.2, 0) is 4.79 Å². The summed E-state index contributed by atoms with van der Waals surface area (Å²) in [5, 5.41) is 2.50. The van der Waals surface area contributed by atoms with Gasteiger partial charge in [0.05, 0.1) is 24.3 Å². The molecule has 0 atom stereocenters. The van der Waals surface area contributed by atoms with Crippen molar-refractivity contribution in [2.45, 2.75) is 19.9 Å². The molecule has 4 nitrogen and oxygen atoms in total. The molecule has 0 aromatic heterocycles. The number of amides is 1. The van der Waals surface area contributed by atoms with E-state index >= 15 is 0 Å². The molecule has 0 saturated carbocycles. The van der Waals surface area contributed by atoms with Crippen LogP contribution in [-0.4, -0.2) is 30.8 Å². The standard InChI is InChI=1S/C13H14F2N2O2/c1-7(2)16-13(19)9-3-11(15)12(4-10(9)14)17-5-8(18)6-17/h3-4,7H,5-6H2,1-2H3,(H,16,19). The van der Waals surface area contributed by atoms with Gasteiger partial charge in [-0.25, -0.2) is 8.78 Å². The molecule has 2 rings (SSSR count). The summed E-state index contributed by atoms with van der Waals surface area (Å²) < 4.78 is 27.6. The third-order valence-corrected chi connectivity index (χ3v) is 2.78. The van der Waals surface area contributed by atoms with Gasteiger partial charge in [0.15, 0.2) is 5.78 Å². The molecule has 0 unspecified atom stereocenters. The van der Waals surface area contributed by atoms with E-state index in [4.69, 9.17) is 0 Å². The van der Waals surface area contributed by atoms with Crippen molar-refractivity contribution >= 4 is 17.4 Å². The zero-order valence-corrected chi connectivity index (χ0v) is 10.7. The minimum absolute atomic E-state index is 0.0122. The number of carbonyl (C=O) groups excluding carboxylic acids is 2. The van der Waals surface area contributed by atoms with Crippen LogP contribution >= 0.6 is 0 Å². The van der Waals surface area contributed by atoms with Crippen molar-refractivity contribution in [3.8, 4) is 0 Å². The fourth-order valence-electron chi connectivity index (χ4n) is 1.84. The maximum absolute atomic E-state index is 13.8. The van der Waals surface area contributed by atoms with Crippen LogP contribution in [0, 0.1) is 11.6 Å². The average Bonchev–Trinajstić information content (AvgIpc) is 2.26. The Kier molecular flexibility index (Phi) is 3.50. The molecule has 1 heterocycles. The monoisotopic (exact) mass is 268 g/mol. The van der Waals surface area contributed by atoms with Crippen molar-refractivity contribution in [2.75, 3.05) is 18.0 Å². The van der Waals surface area contributed by atoms with Crippen molar-refractivity contribution in [3.05, 3.63) is 29.3 Å². The fraction of sp³-hybridized carbons (Fsp3) is 0.385. The van der Waals surface area contributed by atoms with Crippen molar-refractivity contribution in [1.82, 2.24) is 5.32 Å².